The first-order valence-corrected chi connectivity index (χ1v) is 10.0. The number of benzene rings is 2. The van der Waals surface area contributed by atoms with Gasteiger partial charge in [-0.15, -0.1) is 0 Å². The molecule has 1 saturated heterocycles. The Morgan fingerprint density at radius 2 is 1.73 bits per heavy atom. The van der Waals surface area contributed by atoms with Crippen LogP contribution in [0.5, 0.6) is 17.4 Å². The van der Waals surface area contributed by atoms with E-state index in [2.05, 4.69) is 9.97 Å². The number of carbonyl (C=O) groups excluding carboxylic acids is 1. The van der Waals surface area contributed by atoms with Crippen LogP contribution in [0.15, 0.2) is 54.7 Å². The van der Waals surface area contributed by atoms with Crippen molar-refractivity contribution < 1.29 is 14.6 Å². The third kappa shape index (κ3) is 4.75. The third-order valence-electron chi connectivity index (χ3n) is 4.62. The van der Waals surface area contributed by atoms with Crippen molar-refractivity contribution in [3.63, 3.8) is 0 Å². The lowest BCUT2D eigenvalue weighted by Crippen LogP contribution is -2.49. The van der Waals surface area contributed by atoms with Crippen LogP contribution in [0, 0.1) is 0 Å². The van der Waals surface area contributed by atoms with Crippen LogP contribution in [0.2, 0.25) is 10.0 Å². The summed E-state index contributed by atoms with van der Waals surface area (Å²) in [5, 5.41) is 10.5. The number of aromatic nitrogens is 2. The van der Waals surface area contributed by atoms with E-state index in [1.165, 1.54) is 6.07 Å². The molecule has 1 aliphatic heterocycles. The molecule has 0 radical (unpaired) electrons. The Labute approximate surface area is 183 Å². The first kappa shape index (κ1) is 20.3. The highest BCUT2D eigenvalue weighted by Crippen LogP contribution is 2.28. The maximum Gasteiger partial charge on any atom is 0.254 e. The number of rotatable bonds is 4. The van der Waals surface area contributed by atoms with Gasteiger partial charge in [0.05, 0.1) is 0 Å². The third-order valence-corrected chi connectivity index (χ3v) is 5.06. The van der Waals surface area contributed by atoms with Gasteiger partial charge in [-0.25, -0.2) is 4.98 Å². The summed E-state index contributed by atoms with van der Waals surface area (Å²) in [5.74, 6) is 1.34. The molecule has 1 aliphatic rings. The van der Waals surface area contributed by atoms with Crippen LogP contribution in [0.4, 0.5) is 5.95 Å². The summed E-state index contributed by atoms with van der Waals surface area (Å²) in [7, 11) is 0. The second-order valence-electron chi connectivity index (χ2n) is 6.73. The van der Waals surface area contributed by atoms with Crippen molar-refractivity contribution in [3.8, 4) is 17.4 Å². The molecule has 0 aliphatic carbocycles. The maximum absolute atomic E-state index is 12.6. The van der Waals surface area contributed by atoms with Crippen LogP contribution in [-0.2, 0) is 0 Å². The zero-order chi connectivity index (χ0) is 21.1. The number of piperazine rings is 1. The van der Waals surface area contributed by atoms with E-state index < -0.39 is 0 Å². The lowest BCUT2D eigenvalue weighted by atomic mass is 10.1. The normalized spacial score (nSPS) is 13.9. The molecular formula is C21H18Cl2N4O3. The van der Waals surface area contributed by atoms with Gasteiger partial charge in [-0.1, -0.05) is 29.3 Å². The van der Waals surface area contributed by atoms with E-state index in [9.17, 15) is 9.90 Å². The van der Waals surface area contributed by atoms with E-state index >= 15 is 0 Å². The van der Waals surface area contributed by atoms with Crippen LogP contribution in [-0.4, -0.2) is 52.1 Å². The second-order valence-corrected chi connectivity index (χ2v) is 7.60. The molecular weight excluding hydrogens is 427 g/mol. The van der Waals surface area contributed by atoms with Crippen LogP contribution in [0.3, 0.4) is 0 Å². The van der Waals surface area contributed by atoms with E-state index in [1.54, 1.807) is 53.6 Å². The molecule has 3 aromatic rings. The predicted octanol–water partition coefficient (Wildman–Crippen LogP) is 4.24. The number of aromatic hydroxyl groups is 1. The Kier molecular flexibility index (Phi) is 5.92. The van der Waals surface area contributed by atoms with E-state index in [4.69, 9.17) is 27.9 Å². The predicted molar refractivity (Wildman–Crippen MR) is 115 cm³/mol. The molecule has 154 valence electrons. The van der Waals surface area contributed by atoms with Crippen molar-refractivity contribution >= 4 is 35.1 Å². The highest BCUT2D eigenvalue weighted by molar-refractivity contribution is 6.34. The summed E-state index contributed by atoms with van der Waals surface area (Å²) in [6, 6.07) is 13.0. The SMILES string of the molecule is O=C(c1cccc(O)c1)N1CCN(c2nccc(Oc3cc(Cl)cc(Cl)c3)n2)CC1. The molecule has 1 N–H and O–H groups in total. The van der Waals surface area contributed by atoms with Gasteiger partial charge in [0.25, 0.3) is 5.91 Å². The highest BCUT2D eigenvalue weighted by Gasteiger charge is 2.24. The van der Waals surface area contributed by atoms with Crippen LogP contribution >= 0.6 is 23.2 Å². The summed E-state index contributed by atoms with van der Waals surface area (Å²) in [6.07, 6.45) is 1.62. The molecule has 1 amide bonds. The minimum absolute atomic E-state index is 0.0747. The fourth-order valence-corrected chi connectivity index (χ4v) is 3.69. The Bertz CT molecular complexity index is 1050. The Morgan fingerprint density at radius 1 is 1.00 bits per heavy atom. The van der Waals surface area contributed by atoms with Crippen LogP contribution < -0.4 is 9.64 Å². The number of phenols is 1. The molecule has 0 saturated carbocycles. The molecule has 0 bridgehead atoms. The van der Waals surface area contributed by atoms with Gasteiger partial charge in [0, 0.05) is 54.1 Å². The van der Waals surface area contributed by atoms with E-state index in [0.29, 0.717) is 59.4 Å². The molecule has 1 aromatic heterocycles. The quantitative estimate of drug-likeness (QED) is 0.647. The van der Waals surface area contributed by atoms with Crippen molar-refractivity contribution in [2.24, 2.45) is 0 Å². The number of anilines is 1. The van der Waals surface area contributed by atoms with Gasteiger partial charge >= 0.3 is 0 Å². The van der Waals surface area contributed by atoms with E-state index in [-0.39, 0.29) is 11.7 Å². The fourth-order valence-electron chi connectivity index (χ4n) is 3.18. The lowest BCUT2D eigenvalue weighted by molar-refractivity contribution is 0.0745. The van der Waals surface area contributed by atoms with Gasteiger partial charge in [-0.05, 0) is 36.4 Å². The topological polar surface area (TPSA) is 78.8 Å². The Morgan fingerprint density at radius 3 is 2.43 bits per heavy atom. The Hall–Kier alpha value is -3.03. The van der Waals surface area contributed by atoms with Crippen molar-refractivity contribution in [3.05, 3.63) is 70.3 Å². The van der Waals surface area contributed by atoms with Gasteiger partial charge in [-0.2, -0.15) is 4.98 Å². The summed E-state index contributed by atoms with van der Waals surface area (Å²) in [6.45, 7) is 2.20. The summed E-state index contributed by atoms with van der Waals surface area (Å²) in [5.41, 5.74) is 0.468. The number of amides is 1. The molecule has 7 nitrogen and oxygen atoms in total. The molecule has 0 spiro atoms. The van der Waals surface area contributed by atoms with Crippen molar-refractivity contribution in [2.45, 2.75) is 0 Å². The van der Waals surface area contributed by atoms with Gasteiger partial charge in [0.1, 0.15) is 11.5 Å². The molecule has 0 atom stereocenters. The smallest absolute Gasteiger partial charge is 0.254 e. The number of phenolic OH excluding ortho intramolecular Hbond substituents is 1. The lowest BCUT2D eigenvalue weighted by Gasteiger charge is -2.34. The summed E-state index contributed by atoms with van der Waals surface area (Å²) < 4.78 is 5.77. The number of halogens is 2. The molecule has 1 fully saturated rings. The highest BCUT2D eigenvalue weighted by atomic mass is 35.5. The van der Waals surface area contributed by atoms with Crippen molar-refractivity contribution in [1.29, 1.82) is 0 Å². The molecule has 0 unspecified atom stereocenters. The van der Waals surface area contributed by atoms with Gasteiger partial charge in [-0.3, -0.25) is 4.79 Å². The van der Waals surface area contributed by atoms with Gasteiger partial charge in [0.2, 0.25) is 11.8 Å². The molecule has 2 aromatic carbocycles. The first-order chi connectivity index (χ1) is 14.5. The monoisotopic (exact) mass is 444 g/mol. The average molecular weight is 445 g/mol. The number of ether oxygens (including phenoxy) is 1. The fraction of sp³-hybridized carbons (Fsp3) is 0.190. The van der Waals surface area contributed by atoms with Crippen LogP contribution in [0.25, 0.3) is 0 Å². The minimum Gasteiger partial charge on any atom is -0.508 e. The standard InChI is InChI=1S/C21H18Cl2N4O3/c22-15-11-16(23)13-18(12-15)30-19-4-5-24-21(25-19)27-8-6-26(7-9-27)20(29)14-2-1-3-17(28)10-14/h1-5,10-13,28H,6-9H2. The van der Waals surface area contributed by atoms with Crippen LogP contribution in [0.1, 0.15) is 10.4 Å². The molecule has 30 heavy (non-hydrogen) atoms. The van der Waals surface area contributed by atoms with Gasteiger partial charge in [0.15, 0.2) is 0 Å². The second kappa shape index (κ2) is 8.77. The van der Waals surface area contributed by atoms with E-state index in [1.807, 2.05) is 4.90 Å². The largest absolute Gasteiger partial charge is 0.508 e. The molecule has 9 heteroatoms. The minimum atomic E-state index is -0.110. The average Bonchev–Trinajstić information content (AvgIpc) is 2.73. The molecule has 4 rings (SSSR count). The van der Waals surface area contributed by atoms with Gasteiger partial charge < -0.3 is 19.6 Å². The molecule has 2 heterocycles. The zero-order valence-corrected chi connectivity index (χ0v) is 17.3. The number of hydrogen-bond donors (Lipinski definition) is 1. The number of hydrogen-bond acceptors (Lipinski definition) is 6. The zero-order valence-electron chi connectivity index (χ0n) is 15.8. The first-order valence-electron chi connectivity index (χ1n) is 9.28. The Balaban J connectivity index is 1.41. The van der Waals surface area contributed by atoms with E-state index in [0.717, 1.165) is 0 Å². The number of carbonyl (C=O) groups is 1. The van der Waals surface area contributed by atoms with Crippen molar-refractivity contribution in [1.82, 2.24) is 14.9 Å². The number of nitrogens with zero attached hydrogens (tertiary/aromatic N) is 4. The summed E-state index contributed by atoms with van der Waals surface area (Å²) in [4.78, 5) is 25.2. The summed E-state index contributed by atoms with van der Waals surface area (Å²) >= 11 is 12.0. The van der Waals surface area contributed by atoms with Crippen molar-refractivity contribution in [2.75, 3.05) is 31.1 Å². The maximum atomic E-state index is 12.6.